The van der Waals surface area contributed by atoms with E-state index in [4.69, 9.17) is 28.7 Å². The molecule has 0 aromatic rings. The molecule has 7 amide bonds. The van der Waals surface area contributed by atoms with Gasteiger partial charge in [0.1, 0.15) is 36.3 Å². The normalized spacial score (nSPS) is 14.8. The Kier molecular flexibility index (Phi) is 23.3. The molecule has 0 heterocycles. The van der Waals surface area contributed by atoms with E-state index in [2.05, 4.69) is 36.9 Å². The molecule has 54 heavy (non-hydrogen) atoms. The van der Waals surface area contributed by atoms with E-state index in [0.29, 0.717) is 12.8 Å². The highest BCUT2D eigenvalue weighted by Crippen LogP contribution is 2.09. The molecule has 308 valence electrons. The number of rotatable bonds is 27. The van der Waals surface area contributed by atoms with Crippen molar-refractivity contribution in [2.24, 2.45) is 39.6 Å². The number of aliphatic carboxylic acids is 1. The van der Waals surface area contributed by atoms with Gasteiger partial charge >= 0.3 is 5.97 Å². The molecule has 0 aromatic heterocycles. The first-order valence-corrected chi connectivity index (χ1v) is 17.3. The Labute approximate surface area is 312 Å². The van der Waals surface area contributed by atoms with E-state index >= 15 is 0 Å². The first-order chi connectivity index (χ1) is 25.3. The molecule has 7 atom stereocenters. The van der Waals surface area contributed by atoms with E-state index in [1.165, 1.54) is 6.92 Å². The third-order valence-corrected chi connectivity index (χ3v) is 7.62. The summed E-state index contributed by atoms with van der Waals surface area (Å²) in [5.41, 5.74) is 26.9. The van der Waals surface area contributed by atoms with Crippen LogP contribution in [0.2, 0.25) is 0 Å². The number of carbonyl (C=O) groups excluding carboxylic acids is 7. The van der Waals surface area contributed by atoms with Crippen LogP contribution in [0.1, 0.15) is 65.7 Å². The minimum absolute atomic E-state index is 0.0422. The number of aliphatic imine (C=N–C) groups is 1. The first-order valence-electron chi connectivity index (χ1n) is 17.3. The van der Waals surface area contributed by atoms with E-state index in [1.807, 2.05) is 0 Å². The highest BCUT2D eigenvalue weighted by molar-refractivity contribution is 5.97. The van der Waals surface area contributed by atoms with Crippen molar-refractivity contribution in [1.29, 1.82) is 0 Å². The second kappa shape index (κ2) is 25.8. The third kappa shape index (κ3) is 19.6. The number of hydrogen-bond acceptors (Lipinski definition) is 13. The fourth-order valence-electron chi connectivity index (χ4n) is 4.70. The minimum Gasteiger partial charge on any atom is -0.480 e. The highest BCUT2D eigenvalue weighted by Gasteiger charge is 2.32. The van der Waals surface area contributed by atoms with Crippen LogP contribution in [0.15, 0.2) is 4.99 Å². The van der Waals surface area contributed by atoms with Crippen molar-refractivity contribution in [2.75, 3.05) is 26.3 Å². The van der Waals surface area contributed by atoms with Crippen LogP contribution in [0, 0.1) is 5.92 Å². The molecule has 0 fully saturated rings. The Morgan fingerprint density at radius 1 is 0.611 bits per heavy atom. The number of carbonyl (C=O) groups is 8. The molecule has 0 saturated carbocycles. The maximum absolute atomic E-state index is 13.4. The SMILES string of the molecule is CC(C)C[C@H](NC(=O)[C@@H](N)CC(N)=O)C(=O)N[C@@H](CCCCN)C(=O)N[C@@H](CO)C(=O)N[C@@H](C)C(=O)N[C@@H](CO)C(=O)N[C@@H](CCCN=C(N)N)C(=O)O. The van der Waals surface area contributed by atoms with Gasteiger partial charge in [0.2, 0.25) is 41.4 Å². The predicted octanol–water partition coefficient (Wildman–Crippen LogP) is -6.58. The zero-order chi connectivity index (χ0) is 41.5. The number of aliphatic hydroxyl groups excluding tert-OH is 2. The predicted molar refractivity (Wildman–Crippen MR) is 193 cm³/mol. The molecule has 23 nitrogen and oxygen atoms in total. The van der Waals surface area contributed by atoms with E-state index in [9.17, 15) is 53.7 Å². The molecule has 0 aliphatic rings. The van der Waals surface area contributed by atoms with Gasteiger partial charge in [-0.05, 0) is 57.9 Å². The number of hydrogen-bond donors (Lipinski definition) is 14. The Balaban J connectivity index is 5.65. The summed E-state index contributed by atoms with van der Waals surface area (Å²) in [4.78, 5) is 104. The van der Waals surface area contributed by atoms with Crippen molar-refractivity contribution in [2.45, 2.75) is 108 Å². The van der Waals surface area contributed by atoms with Gasteiger partial charge in [-0.25, -0.2) is 4.79 Å². The van der Waals surface area contributed by atoms with Gasteiger partial charge in [-0.3, -0.25) is 38.6 Å². The largest absolute Gasteiger partial charge is 0.480 e. The molecule has 23 heteroatoms. The van der Waals surface area contributed by atoms with Crippen LogP contribution >= 0.6 is 0 Å². The van der Waals surface area contributed by atoms with Crippen LogP contribution < -0.4 is 60.6 Å². The second-order valence-electron chi connectivity index (χ2n) is 12.9. The van der Waals surface area contributed by atoms with Gasteiger partial charge in [0.15, 0.2) is 5.96 Å². The molecule has 0 radical (unpaired) electrons. The molecule has 19 N–H and O–H groups in total. The van der Waals surface area contributed by atoms with Crippen LogP contribution in [-0.4, -0.2) is 137 Å². The van der Waals surface area contributed by atoms with Gasteiger partial charge in [0.25, 0.3) is 0 Å². The van der Waals surface area contributed by atoms with Crippen molar-refractivity contribution < 1.29 is 53.7 Å². The van der Waals surface area contributed by atoms with Gasteiger partial charge in [0, 0.05) is 6.54 Å². The quantitative estimate of drug-likeness (QED) is 0.0210. The lowest BCUT2D eigenvalue weighted by molar-refractivity contribution is -0.142. The monoisotopic (exact) mass is 774 g/mol. The summed E-state index contributed by atoms with van der Waals surface area (Å²) in [5, 5.41) is 43.1. The van der Waals surface area contributed by atoms with Crippen LogP contribution in [0.4, 0.5) is 0 Å². The molecular formula is C31H58N12O11. The lowest BCUT2D eigenvalue weighted by Crippen LogP contribution is -2.60. The molecular weight excluding hydrogens is 716 g/mol. The van der Waals surface area contributed by atoms with Gasteiger partial charge < -0.3 is 75.9 Å². The van der Waals surface area contributed by atoms with Crippen molar-refractivity contribution in [3.8, 4) is 0 Å². The summed E-state index contributed by atoms with van der Waals surface area (Å²) in [7, 11) is 0. The summed E-state index contributed by atoms with van der Waals surface area (Å²) in [6, 6.07) is -9.83. The maximum Gasteiger partial charge on any atom is 0.326 e. The van der Waals surface area contributed by atoms with Crippen molar-refractivity contribution in [3.05, 3.63) is 0 Å². The number of nitrogens with one attached hydrogen (secondary N) is 6. The molecule has 0 aromatic carbocycles. The van der Waals surface area contributed by atoms with Crippen LogP contribution in [0.25, 0.3) is 0 Å². The zero-order valence-electron chi connectivity index (χ0n) is 30.8. The number of guanidine groups is 1. The van der Waals surface area contributed by atoms with Gasteiger partial charge in [0.05, 0.1) is 25.7 Å². The average Bonchev–Trinajstić information content (AvgIpc) is 3.08. The van der Waals surface area contributed by atoms with E-state index < -0.39 is 109 Å². The molecule has 0 rings (SSSR count). The second-order valence-corrected chi connectivity index (χ2v) is 12.9. The number of nitrogens with zero attached hydrogens (tertiary/aromatic N) is 1. The number of carboxylic acid groups (broad SMARTS) is 1. The van der Waals surface area contributed by atoms with Crippen LogP contribution in [0.3, 0.4) is 0 Å². The molecule has 0 unspecified atom stereocenters. The molecule has 0 spiro atoms. The molecule has 0 bridgehead atoms. The summed E-state index contributed by atoms with van der Waals surface area (Å²) in [6.07, 6.45) is 0.629. The van der Waals surface area contributed by atoms with Gasteiger partial charge in [-0.15, -0.1) is 0 Å². The zero-order valence-corrected chi connectivity index (χ0v) is 30.8. The molecule has 0 saturated heterocycles. The average molecular weight is 775 g/mol. The Morgan fingerprint density at radius 3 is 1.57 bits per heavy atom. The Hall–Kier alpha value is -5.13. The van der Waals surface area contributed by atoms with Crippen molar-refractivity contribution in [3.63, 3.8) is 0 Å². The Bertz CT molecular complexity index is 1310. The van der Waals surface area contributed by atoms with Crippen LogP contribution in [-0.2, 0) is 38.4 Å². The van der Waals surface area contributed by atoms with Crippen LogP contribution in [0.5, 0.6) is 0 Å². The van der Waals surface area contributed by atoms with E-state index in [1.54, 1.807) is 13.8 Å². The number of nitrogens with two attached hydrogens (primary N) is 5. The summed E-state index contributed by atoms with van der Waals surface area (Å²) < 4.78 is 0. The van der Waals surface area contributed by atoms with Gasteiger partial charge in [-0.2, -0.15) is 0 Å². The van der Waals surface area contributed by atoms with Crippen molar-refractivity contribution in [1.82, 2.24) is 31.9 Å². The number of primary amides is 1. The maximum atomic E-state index is 13.4. The molecule has 0 aliphatic heterocycles. The smallest absolute Gasteiger partial charge is 0.326 e. The van der Waals surface area contributed by atoms with E-state index in [0.717, 1.165) is 0 Å². The van der Waals surface area contributed by atoms with Crippen molar-refractivity contribution >= 4 is 53.3 Å². The third-order valence-electron chi connectivity index (χ3n) is 7.62. The summed E-state index contributed by atoms with van der Waals surface area (Å²) >= 11 is 0. The molecule has 0 aliphatic carbocycles. The number of unbranched alkanes of at least 4 members (excludes halogenated alkanes) is 1. The fourth-order valence-corrected chi connectivity index (χ4v) is 4.70. The fraction of sp³-hybridized carbons (Fsp3) is 0.710. The summed E-state index contributed by atoms with van der Waals surface area (Å²) in [6.45, 7) is 3.24. The van der Waals surface area contributed by atoms with Gasteiger partial charge in [-0.1, -0.05) is 13.8 Å². The highest BCUT2D eigenvalue weighted by atomic mass is 16.4. The van der Waals surface area contributed by atoms with E-state index in [-0.39, 0.29) is 50.7 Å². The number of aliphatic hydroxyl groups is 2. The first kappa shape index (κ1) is 48.9. The number of carboxylic acids is 1. The Morgan fingerprint density at radius 2 is 1.07 bits per heavy atom. The summed E-state index contributed by atoms with van der Waals surface area (Å²) in [5.74, 6) is -8.07. The lowest BCUT2D eigenvalue weighted by Gasteiger charge is -2.26. The minimum atomic E-state index is -1.63. The topological polar surface area (TPSA) is 412 Å². The lowest BCUT2D eigenvalue weighted by atomic mass is 10.0. The number of amides is 7. The standard InChI is InChI=1S/C31H58N12O11/c1-15(2)11-20(41-25(48)17(33)12-23(34)46)27(50)39-18(7-4-5-9-32)26(49)43-21(13-44)28(51)38-16(3)24(47)42-22(14-45)29(52)40-19(30(53)54)8-6-10-37-31(35)36/h15-22,44-45H,4-14,32-33H2,1-3H3,(H2,34,46)(H,38,51)(H,39,50)(H,40,52)(H,41,48)(H,42,47)(H,43,49)(H,53,54)(H4,35,36,37)/t16-,17-,18-,19-,20-,21-,22-/m0/s1.